The van der Waals surface area contributed by atoms with Gasteiger partial charge >= 0.3 is 5.97 Å². The zero-order valence-corrected chi connectivity index (χ0v) is 16.4. The van der Waals surface area contributed by atoms with E-state index in [4.69, 9.17) is 4.74 Å². The topological polar surface area (TPSA) is 89.8 Å². The van der Waals surface area contributed by atoms with E-state index >= 15 is 0 Å². The van der Waals surface area contributed by atoms with E-state index in [1.165, 1.54) is 28.7 Å². The molecule has 2 aromatic heterocycles. The number of nitrogens with zero attached hydrogens (tertiary/aromatic N) is 2. The van der Waals surface area contributed by atoms with Gasteiger partial charge in [-0.1, -0.05) is 18.2 Å². The van der Waals surface area contributed by atoms with Crippen LogP contribution in [0.25, 0.3) is 5.65 Å². The molecule has 3 aromatic rings. The number of carbonyl (C=O) groups is 2. The van der Waals surface area contributed by atoms with Gasteiger partial charge in [0.25, 0.3) is 5.56 Å². The van der Waals surface area contributed by atoms with Crippen molar-refractivity contribution in [3.8, 4) is 0 Å². The number of fused-ring (bicyclic) bond motifs is 1. The first-order valence-corrected chi connectivity index (χ1v) is 9.85. The number of pyridine rings is 1. The Kier molecular flexibility index (Phi) is 6.61. The van der Waals surface area contributed by atoms with Crippen LogP contribution in [0.3, 0.4) is 0 Å². The lowest BCUT2D eigenvalue weighted by Gasteiger charge is -2.08. The monoisotopic (exact) mass is 415 g/mol. The quantitative estimate of drug-likeness (QED) is 0.597. The number of anilines is 1. The number of esters is 1. The lowest BCUT2D eigenvalue weighted by atomic mass is 10.3. The van der Waals surface area contributed by atoms with Gasteiger partial charge < -0.3 is 10.1 Å². The molecular weight excluding hydrogens is 397 g/mol. The number of nitrogens with one attached hydrogen (secondary N) is 1. The minimum atomic E-state index is -0.542. The molecule has 0 aliphatic rings. The van der Waals surface area contributed by atoms with E-state index < -0.39 is 17.7 Å². The zero-order valence-electron chi connectivity index (χ0n) is 15.6. The molecule has 0 unspecified atom stereocenters. The molecule has 2 heterocycles. The predicted molar refractivity (Wildman–Crippen MR) is 108 cm³/mol. The summed E-state index contributed by atoms with van der Waals surface area (Å²) in [5.41, 5.74) is 1.41. The SMILES string of the molecule is Cc1cccc2nc(COC(=O)CSCC(=O)Nc3ccccc3F)cc(=O)n12. The van der Waals surface area contributed by atoms with Crippen molar-refractivity contribution in [3.63, 3.8) is 0 Å². The van der Waals surface area contributed by atoms with Crippen LogP contribution in [0.2, 0.25) is 0 Å². The third kappa shape index (κ3) is 5.41. The molecule has 0 saturated carbocycles. The summed E-state index contributed by atoms with van der Waals surface area (Å²) in [5, 5.41) is 2.44. The van der Waals surface area contributed by atoms with E-state index in [2.05, 4.69) is 10.3 Å². The third-order valence-corrected chi connectivity index (χ3v) is 4.82. The molecule has 0 aliphatic heterocycles. The van der Waals surface area contributed by atoms with Crippen molar-refractivity contribution in [2.75, 3.05) is 16.8 Å². The summed E-state index contributed by atoms with van der Waals surface area (Å²) in [7, 11) is 0. The number of hydrogen-bond donors (Lipinski definition) is 1. The number of thioether (sulfide) groups is 1. The first kappa shape index (κ1) is 20.5. The molecule has 29 heavy (non-hydrogen) atoms. The maximum atomic E-state index is 13.5. The van der Waals surface area contributed by atoms with Gasteiger partial charge in [-0.2, -0.15) is 0 Å². The molecule has 0 atom stereocenters. The Balaban J connectivity index is 1.47. The normalized spacial score (nSPS) is 10.7. The molecule has 0 fully saturated rings. The van der Waals surface area contributed by atoms with Crippen LogP contribution in [0.1, 0.15) is 11.4 Å². The number of aryl methyl sites for hydroxylation is 1. The molecule has 3 rings (SSSR count). The fourth-order valence-corrected chi connectivity index (χ4v) is 3.22. The van der Waals surface area contributed by atoms with Crippen LogP contribution < -0.4 is 10.9 Å². The summed E-state index contributed by atoms with van der Waals surface area (Å²) in [5.74, 6) is -1.58. The van der Waals surface area contributed by atoms with E-state index in [1.807, 2.05) is 0 Å². The minimum Gasteiger partial charge on any atom is -0.459 e. The van der Waals surface area contributed by atoms with Gasteiger partial charge in [-0.05, 0) is 31.2 Å². The van der Waals surface area contributed by atoms with Crippen LogP contribution in [-0.2, 0) is 20.9 Å². The summed E-state index contributed by atoms with van der Waals surface area (Å²) in [6.07, 6.45) is 0. The highest BCUT2D eigenvalue weighted by atomic mass is 32.2. The first-order chi connectivity index (χ1) is 13.9. The van der Waals surface area contributed by atoms with Crippen molar-refractivity contribution in [2.24, 2.45) is 0 Å². The van der Waals surface area contributed by atoms with E-state index in [0.717, 1.165) is 17.5 Å². The Morgan fingerprint density at radius 2 is 1.97 bits per heavy atom. The number of rotatable bonds is 7. The molecular formula is C20H18FN3O4S. The van der Waals surface area contributed by atoms with E-state index in [1.54, 1.807) is 31.2 Å². The van der Waals surface area contributed by atoms with Gasteiger partial charge in [0.05, 0.1) is 22.9 Å². The van der Waals surface area contributed by atoms with Crippen LogP contribution in [0, 0.1) is 12.7 Å². The number of para-hydroxylation sites is 1. The van der Waals surface area contributed by atoms with Crippen LogP contribution in [-0.4, -0.2) is 32.8 Å². The molecule has 0 spiro atoms. The van der Waals surface area contributed by atoms with Gasteiger partial charge in [0, 0.05) is 11.8 Å². The van der Waals surface area contributed by atoms with Crippen molar-refractivity contribution in [1.29, 1.82) is 0 Å². The number of aromatic nitrogens is 2. The maximum Gasteiger partial charge on any atom is 0.316 e. The van der Waals surface area contributed by atoms with Crippen LogP contribution >= 0.6 is 11.8 Å². The predicted octanol–water partition coefficient (Wildman–Crippen LogP) is 2.56. The third-order valence-electron chi connectivity index (χ3n) is 3.92. The van der Waals surface area contributed by atoms with Crippen LogP contribution in [0.15, 0.2) is 53.3 Å². The Hall–Kier alpha value is -3.20. The molecule has 1 amide bonds. The van der Waals surface area contributed by atoms with Crippen molar-refractivity contribution < 1.29 is 18.7 Å². The Labute approximate surface area is 169 Å². The summed E-state index contributed by atoms with van der Waals surface area (Å²) < 4.78 is 20.1. The Morgan fingerprint density at radius 1 is 1.17 bits per heavy atom. The Bertz CT molecular complexity index is 1120. The fraction of sp³-hybridized carbons (Fsp3) is 0.200. The number of benzene rings is 1. The van der Waals surface area contributed by atoms with Gasteiger partial charge in [-0.3, -0.25) is 18.8 Å². The highest BCUT2D eigenvalue weighted by Crippen LogP contribution is 2.13. The number of carbonyl (C=O) groups excluding carboxylic acids is 2. The molecule has 1 aromatic carbocycles. The molecule has 0 aliphatic carbocycles. The van der Waals surface area contributed by atoms with E-state index in [-0.39, 0.29) is 29.4 Å². The average molecular weight is 415 g/mol. The molecule has 1 N–H and O–H groups in total. The maximum absolute atomic E-state index is 13.5. The fourth-order valence-electron chi connectivity index (χ4n) is 2.61. The number of ether oxygens (including phenoxy) is 1. The zero-order chi connectivity index (χ0) is 20.8. The molecule has 9 heteroatoms. The summed E-state index contributed by atoms with van der Waals surface area (Å²) >= 11 is 1.04. The smallest absolute Gasteiger partial charge is 0.316 e. The lowest BCUT2D eigenvalue weighted by Crippen LogP contribution is -2.19. The Morgan fingerprint density at radius 3 is 2.76 bits per heavy atom. The minimum absolute atomic E-state index is 0.0295. The summed E-state index contributed by atoms with van der Waals surface area (Å²) in [6.45, 7) is 1.66. The van der Waals surface area contributed by atoms with E-state index in [9.17, 15) is 18.8 Å². The van der Waals surface area contributed by atoms with Gasteiger partial charge in [-0.25, -0.2) is 9.37 Å². The van der Waals surface area contributed by atoms with Gasteiger partial charge in [0.1, 0.15) is 18.1 Å². The highest BCUT2D eigenvalue weighted by molar-refractivity contribution is 8.00. The van der Waals surface area contributed by atoms with Crippen molar-refractivity contribution in [2.45, 2.75) is 13.5 Å². The molecule has 0 radical (unpaired) electrons. The van der Waals surface area contributed by atoms with Crippen LogP contribution in [0.5, 0.6) is 0 Å². The van der Waals surface area contributed by atoms with Crippen molar-refractivity contribution >= 4 is 35.0 Å². The van der Waals surface area contributed by atoms with Crippen molar-refractivity contribution in [1.82, 2.24) is 9.38 Å². The van der Waals surface area contributed by atoms with Gasteiger partial charge in [-0.15, -0.1) is 11.8 Å². The van der Waals surface area contributed by atoms with Gasteiger partial charge in [0.2, 0.25) is 5.91 Å². The second-order valence-corrected chi connectivity index (χ2v) is 7.11. The second-order valence-electron chi connectivity index (χ2n) is 6.13. The number of amides is 1. The standard InChI is InChI=1S/C20H18FN3O4S/c1-13-5-4-8-17-22-14(9-19(26)24(13)17)10-28-20(27)12-29-11-18(25)23-16-7-3-2-6-15(16)21/h2-9H,10-12H2,1H3,(H,23,25). The summed E-state index contributed by atoms with van der Waals surface area (Å²) in [6, 6.07) is 12.4. The number of hydrogen-bond acceptors (Lipinski definition) is 6. The first-order valence-electron chi connectivity index (χ1n) is 8.70. The molecule has 0 saturated heterocycles. The van der Waals surface area contributed by atoms with Crippen LogP contribution in [0.4, 0.5) is 10.1 Å². The van der Waals surface area contributed by atoms with E-state index in [0.29, 0.717) is 11.3 Å². The second kappa shape index (κ2) is 9.33. The number of halogens is 1. The highest BCUT2D eigenvalue weighted by Gasteiger charge is 2.10. The molecule has 150 valence electrons. The largest absolute Gasteiger partial charge is 0.459 e. The van der Waals surface area contributed by atoms with Gasteiger partial charge in [0.15, 0.2) is 0 Å². The average Bonchev–Trinajstić information content (AvgIpc) is 2.68. The molecule has 7 nitrogen and oxygen atoms in total. The van der Waals surface area contributed by atoms with Crippen molar-refractivity contribution in [3.05, 3.63) is 76.1 Å². The molecule has 0 bridgehead atoms. The summed E-state index contributed by atoms with van der Waals surface area (Å²) in [4.78, 5) is 40.2. The lowest BCUT2D eigenvalue weighted by molar-refractivity contribution is -0.141.